The van der Waals surface area contributed by atoms with Gasteiger partial charge in [-0.15, -0.1) is 0 Å². The van der Waals surface area contributed by atoms with E-state index >= 15 is 0 Å². The Bertz CT molecular complexity index is 1000. The van der Waals surface area contributed by atoms with E-state index in [9.17, 15) is 19.1 Å². The summed E-state index contributed by atoms with van der Waals surface area (Å²) >= 11 is 0. The van der Waals surface area contributed by atoms with E-state index in [1.54, 1.807) is 42.6 Å². The quantitative estimate of drug-likeness (QED) is 0.750. The first-order valence-electron chi connectivity index (χ1n) is 8.79. The summed E-state index contributed by atoms with van der Waals surface area (Å²) in [6, 6.07) is 12.7. The summed E-state index contributed by atoms with van der Waals surface area (Å²) in [6.07, 6.45) is 2.91. The fraction of sp³-hybridized carbons (Fsp3) is 0.190. The van der Waals surface area contributed by atoms with Gasteiger partial charge < -0.3 is 14.4 Å². The van der Waals surface area contributed by atoms with Gasteiger partial charge in [0.25, 0.3) is 5.91 Å². The van der Waals surface area contributed by atoms with Gasteiger partial charge in [0, 0.05) is 30.1 Å². The molecule has 142 valence electrons. The summed E-state index contributed by atoms with van der Waals surface area (Å²) in [5.41, 5.74) is 1.83. The summed E-state index contributed by atoms with van der Waals surface area (Å²) in [5, 5.41) is 9.58. The molecule has 1 saturated heterocycles. The van der Waals surface area contributed by atoms with Gasteiger partial charge in [-0.25, -0.2) is 9.37 Å². The fourth-order valence-corrected chi connectivity index (χ4v) is 3.61. The molecule has 2 atom stereocenters. The van der Waals surface area contributed by atoms with Crippen LogP contribution in [0.4, 0.5) is 4.39 Å². The Kier molecular flexibility index (Phi) is 4.65. The third-order valence-electron chi connectivity index (χ3n) is 5.05. The molecule has 3 aromatic rings. The van der Waals surface area contributed by atoms with Gasteiger partial charge in [0.2, 0.25) is 0 Å². The summed E-state index contributed by atoms with van der Waals surface area (Å²) in [6.45, 7) is 0.308. The molecule has 0 bridgehead atoms. The molecule has 28 heavy (non-hydrogen) atoms. The van der Waals surface area contributed by atoms with Crippen molar-refractivity contribution in [3.05, 3.63) is 78.1 Å². The number of likely N-dealkylation sites (tertiary alicyclic amines) is 1. The van der Waals surface area contributed by atoms with E-state index in [0.29, 0.717) is 16.9 Å². The number of carboxylic acids is 1. The summed E-state index contributed by atoms with van der Waals surface area (Å²) in [7, 11) is 0. The highest BCUT2D eigenvalue weighted by molar-refractivity contribution is 5.95. The molecule has 7 heteroatoms. The number of benzene rings is 2. The van der Waals surface area contributed by atoms with Crippen molar-refractivity contribution in [2.45, 2.75) is 5.92 Å². The molecule has 1 aromatic heterocycles. The lowest BCUT2D eigenvalue weighted by Crippen LogP contribution is -2.29. The van der Waals surface area contributed by atoms with Crippen LogP contribution < -0.4 is 0 Å². The SMILES string of the molecule is O=C(O)[C@@H]1CN(C(=O)c2ccc(-c3cnco3)cc2)C[C@H]1c1cccc(F)c1. The number of hydrogen-bond acceptors (Lipinski definition) is 4. The molecule has 1 aliphatic rings. The van der Waals surface area contributed by atoms with Crippen molar-refractivity contribution in [3.63, 3.8) is 0 Å². The zero-order valence-corrected chi connectivity index (χ0v) is 14.8. The molecule has 2 heterocycles. The molecule has 0 unspecified atom stereocenters. The minimum Gasteiger partial charge on any atom is -0.481 e. The zero-order valence-electron chi connectivity index (χ0n) is 14.8. The van der Waals surface area contributed by atoms with Crippen LogP contribution in [-0.4, -0.2) is 40.0 Å². The molecule has 1 fully saturated rings. The van der Waals surface area contributed by atoms with Gasteiger partial charge in [-0.05, 0) is 29.8 Å². The van der Waals surface area contributed by atoms with E-state index in [1.807, 2.05) is 0 Å². The predicted octanol–water partition coefficient (Wildman–Crippen LogP) is 3.42. The van der Waals surface area contributed by atoms with Gasteiger partial charge in [-0.2, -0.15) is 0 Å². The maximum Gasteiger partial charge on any atom is 0.308 e. The molecule has 1 N–H and O–H groups in total. The summed E-state index contributed by atoms with van der Waals surface area (Å²) in [4.78, 5) is 30.0. The third kappa shape index (κ3) is 3.38. The number of nitrogens with zero attached hydrogens (tertiary/aromatic N) is 2. The van der Waals surface area contributed by atoms with Crippen molar-refractivity contribution in [3.8, 4) is 11.3 Å². The van der Waals surface area contributed by atoms with Crippen molar-refractivity contribution in [1.29, 1.82) is 0 Å². The van der Waals surface area contributed by atoms with E-state index in [-0.39, 0.29) is 19.0 Å². The number of hydrogen-bond donors (Lipinski definition) is 1. The van der Waals surface area contributed by atoms with Crippen LogP contribution in [0.1, 0.15) is 21.8 Å². The average Bonchev–Trinajstić information content (AvgIpc) is 3.38. The molecule has 0 spiro atoms. The number of aromatic nitrogens is 1. The highest BCUT2D eigenvalue weighted by Gasteiger charge is 2.40. The summed E-state index contributed by atoms with van der Waals surface area (Å²) in [5.74, 6) is -2.31. The standard InChI is InChI=1S/C21H17FN2O4/c22-16-3-1-2-15(8-16)17-10-24(11-18(17)21(26)27)20(25)14-6-4-13(5-7-14)19-9-23-12-28-19/h1-9,12,17-18H,10-11H2,(H,26,27)/t17-,18+/m0/s1. The van der Waals surface area contributed by atoms with Crippen LogP contribution >= 0.6 is 0 Å². The minimum atomic E-state index is -0.995. The Balaban J connectivity index is 1.55. The molecule has 1 amide bonds. The van der Waals surface area contributed by atoms with E-state index in [0.717, 1.165) is 5.56 Å². The Morgan fingerprint density at radius 2 is 1.93 bits per heavy atom. The predicted molar refractivity (Wildman–Crippen MR) is 98.1 cm³/mol. The van der Waals surface area contributed by atoms with Crippen molar-refractivity contribution in [2.24, 2.45) is 5.92 Å². The normalized spacial score (nSPS) is 19.0. The second kappa shape index (κ2) is 7.26. The maximum atomic E-state index is 13.6. The van der Waals surface area contributed by atoms with Gasteiger partial charge >= 0.3 is 5.97 Å². The van der Waals surface area contributed by atoms with Crippen LogP contribution in [0.25, 0.3) is 11.3 Å². The van der Waals surface area contributed by atoms with Crippen LogP contribution in [-0.2, 0) is 4.79 Å². The van der Waals surface area contributed by atoms with E-state index in [1.165, 1.54) is 23.4 Å². The van der Waals surface area contributed by atoms with Gasteiger partial charge in [0.05, 0.1) is 12.1 Å². The van der Waals surface area contributed by atoms with Crippen molar-refractivity contribution >= 4 is 11.9 Å². The number of aliphatic carboxylic acids is 1. The lowest BCUT2D eigenvalue weighted by atomic mass is 9.89. The minimum absolute atomic E-state index is 0.0825. The number of amides is 1. The average molecular weight is 380 g/mol. The molecule has 1 aliphatic heterocycles. The monoisotopic (exact) mass is 380 g/mol. The molecule has 0 aliphatic carbocycles. The highest BCUT2D eigenvalue weighted by Crippen LogP contribution is 2.34. The van der Waals surface area contributed by atoms with Crippen molar-refractivity contribution < 1.29 is 23.5 Å². The number of rotatable bonds is 4. The Hall–Kier alpha value is -3.48. The van der Waals surface area contributed by atoms with Crippen LogP contribution in [0.3, 0.4) is 0 Å². The first kappa shape index (κ1) is 17.9. The largest absolute Gasteiger partial charge is 0.481 e. The number of carboxylic acid groups (broad SMARTS) is 1. The van der Waals surface area contributed by atoms with Crippen LogP contribution in [0.15, 0.2) is 65.5 Å². The van der Waals surface area contributed by atoms with Gasteiger partial charge in [-0.3, -0.25) is 9.59 Å². The smallest absolute Gasteiger partial charge is 0.308 e. The van der Waals surface area contributed by atoms with Crippen LogP contribution in [0.5, 0.6) is 0 Å². The van der Waals surface area contributed by atoms with Crippen molar-refractivity contribution in [2.75, 3.05) is 13.1 Å². The number of halogens is 1. The molecule has 6 nitrogen and oxygen atoms in total. The summed E-state index contributed by atoms with van der Waals surface area (Å²) < 4.78 is 18.8. The first-order chi connectivity index (χ1) is 13.5. The zero-order chi connectivity index (χ0) is 19.7. The molecular formula is C21H17FN2O4. The molecule has 0 radical (unpaired) electrons. The lowest BCUT2D eigenvalue weighted by Gasteiger charge is -2.17. The molecule has 2 aromatic carbocycles. The number of carbonyl (C=O) groups is 2. The Morgan fingerprint density at radius 3 is 2.57 bits per heavy atom. The van der Waals surface area contributed by atoms with Gasteiger partial charge in [0.15, 0.2) is 12.2 Å². The molecule has 4 rings (SSSR count). The number of oxazole rings is 1. The lowest BCUT2D eigenvalue weighted by molar-refractivity contribution is -0.141. The fourth-order valence-electron chi connectivity index (χ4n) is 3.61. The van der Waals surface area contributed by atoms with Gasteiger partial charge in [0.1, 0.15) is 5.82 Å². The Morgan fingerprint density at radius 1 is 1.14 bits per heavy atom. The number of carbonyl (C=O) groups excluding carboxylic acids is 1. The molecular weight excluding hydrogens is 363 g/mol. The second-order valence-corrected chi connectivity index (χ2v) is 6.76. The van der Waals surface area contributed by atoms with E-state index in [4.69, 9.17) is 4.42 Å². The maximum absolute atomic E-state index is 13.6. The second-order valence-electron chi connectivity index (χ2n) is 6.76. The van der Waals surface area contributed by atoms with E-state index < -0.39 is 23.6 Å². The topological polar surface area (TPSA) is 83.6 Å². The van der Waals surface area contributed by atoms with Crippen LogP contribution in [0.2, 0.25) is 0 Å². The third-order valence-corrected chi connectivity index (χ3v) is 5.05. The van der Waals surface area contributed by atoms with Gasteiger partial charge in [-0.1, -0.05) is 24.3 Å². The first-order valence-corrected chi connectivity index (χ1v) is 8.79. The van der Waals surface area contributed by atoms with Crippen molar-refractivity contribution in [1.82, 2.24) is 9.88 Å². The van der Waals surface area contributed by atoms with E-state index in [2.05, 4.69) is 4.98 Å². The molecule has 0 saturated carbocycles. The highest BCUT2D eigenvalue weighted by atomic mass is 19.1. The Labute approximate surface area is 160 Å². The van der Waals surface area contributed by atoms with Crippen LogP contribution in [0, 0.1) is 11.7 Å².